The zero-order valence-corrected chi connectivity index (χ0v) is 14.8. The van der Waals surface area contributed by atoms with Gasteiger partial charge in [-0.15, -0.1) is 5.10 Å². The Morgan fingerprint density at radius 1 is 1.19 bits per heavy atom. The van der Waals surface area contributed by atoms with Crippen molar-refractivity contribution in [2.24, 2.45) is 0 Å². The van der Waals surface area contributed by atoms with Crippen molar-refractivity contribution in [2.75, 3.05) is 0 Å². The fourth-order valence-electron chi connectivity index (χ4n) is 2.78. The van der Waals surface area contributed by atoms with Gasteiger partial charge in [-0.25, -0.2) is 4.68 Å². The zero-order chi connectivity index (χ0) is 18.6. The number of hydrogen-bond acceptors (Lipinski definition) is 6. The van der Waals surface area contributed by atoms with Crippen LogP contribution in [0, 0.1) is 0 Å². The lowest BCUT2D eigenvalue weighted by molar-refractivity contribution is 0.0946. The maximum absolute atomic E-state index is 12.1. The molecule has 0 radical (unpaired) electrons. The van der Waals surface area contributed by atoms with Crippen LogP contribution in [0.2, 0.25) is 0 Å². The van der Waals surface area contributed by atoms with Crippen LogP contribution in [0.1, 0.15) is 29.6 Å². The number of carbonyl (C=O) groups excluding carboxylic acids is 1. The third kappa shape index (κ3) is 3.55. The summed E-state index contributed by atoms with van der Waals surface area (Å²) in [7, 11) is 0. The Balaban J connectivity index is 1.47. The topological polar surface area (TPSA) is 98.7 Å². The number of nitrogens with one attached hydrogen (secondary N) is 1. The Bertz CT molecular complexity index is 1070. The molecule has 0 saturated carbocycles. The van der Waals surface area contributed by atoms with Gasteiger partial charge in [-0.3, -0.25) is 4.79 Å². The van der Waals surface area contributed by atoms with Crippen LogP contribution in [-0.2, 0) is 13.1 Å². The van der Waals surface area contributed by atoms with Gasteiger partial charge in [0, 0.05) is 17.7 Å². The van der Waals surface area contributed by atoms with Crippen molar-refractivity contribution in [3.05, 3.63) is 60.0 Å². The average Bonchev–Trinajstić information content (AvgIpc) is 3.34. The van der Waals surface area contributed by atoms with E-state index in [2.05, 4.69) is 32.7 Å². The van der Waals surface area contributed by atoms with E-state index in [0.717, 1.165) is 29.6 Å². The van der Waals surface area contributed by atoms with Gasteiger partial charge in [0.2, 0.25) is 11.7 Å². The maximum atomic E-state index is 12.1. The Morgan fingerprint density at radius 3 is 2.85 bits per heavy atom. The summed E-state index contributed by atoms with van der Waals surface area (Å²) in [6, 6.07) is 14.7. The smallest absolute Gasteiger partial charge is 0.251 e. The van der Waals surface area contributed by atoms with E-state index >= 15 is 0 Å². The van der Waals surface area contributed by atoms with Crippen LogP contribution in [0.5, 0.6) is 0 Å². The first-order chi connectivity index (χ1) is 13.2. The molecule has 0 bridgehead atoms. The lowest BCUT2D eigenvalue weighted by Gasteiger charge is -2.01. The summed E-state index contributed by atoms with van der Waals surface area (Å²) in [6.45, 7) is 3.08. The van der Waals surface area contributed by atoms with Gasteiger partial charge in [-0.2, -0.15) is 4.98 Å². The summed E-state index contributed by atoms with van der Waals surface area (Å²) in [5.74, 6) is 0.597. The molecule has 2 aromatic carbocycles. The lowest BCUT2D eigenvalue weighted by atomic mass is 10.2. The normalized spacial score (nSPS) is 11.0. The van der Waals surface area contributed by atoms with E-state index in [1.165, 1.54) is 0 Å². The van der Waals surface area contributed by atoms with E-state index in [9.17, 15) is 4.79 Å². The van der Waals surface area contributed by atoms with Crippen LogP contribution in [0.4, 0.5) is 0 Å². The van der Waals surface area contributed by atoms with Crippen LogP contribution >= 0.6 is 0 Å². The monoisotopic (exact) mass is 362 g/mol. The van der Waals surface area contributed by atoms with Gasteiger partial charge >= 0.3 is 0 Å². The van der Waals surface area contributed by atoms with Gasteiger partial charge < -0.3 is 9.84 Å². The Hall–Kier alpha value is -3.55. The number of aromatic nitrogens is 5. The van der Waals surface area contributed by atoms with Gasteiger partial charge in [0.25, 0.3) is 5.91 Å². The maximum Gasteiger partial charge on any atom is 0.251 e. The van der Waals surface area contributed by atoms with E-state index < -0.39 is 0 Å². The molecule has 8 nitrogen and oxygen atoms in total. The van der Waals surface area contributed by atoms with Gasteiger partial charge in [-0.05, 0) is 36.8 Å². The highest BCUT2D eigenvalue weighted by Crippen LogP contribution is 2.21. The van der Waals surface area contributed by atoms with Gasteiger partial charge in [0.05, 0.1) is 12.1 Å². The van der Waals surface area contributed by atoms with Crippen molar-refractivity contribution >= 4 is 16.9 Å². The molecule has 0 unspecified atom stereocenters. The number of nitrogens with zero attached hydrogens (tertiary/aromatic N) is 5. The number of rotatable bonds is 6. The highest BCUT2D eigenvalue weighted by molar-refractivity contribution is 5.94. The van der Waals surface area contributed by atoms with Crippen LogP contribution in [-0.4, -0.2) is 31.0 Å². The first kappa shape index (κ1) is 16.9. The minimum Gasteiger partial charge on any atom is -0.343 e. The zero-order valence-electron chi connectivity index (χ0n) is 14.8. The van der Waals surface area contributed by atoms with Crippen LogP contribution < -0.4 is 5.32 Å². The molecular weight excluding hydrogens is 344 g/mol. The largest absolute Gasteiger partial charge is 0.343 e. The molecular formula is C19H18N6O2. The van der Waals surface area contributed by atoms with E-state index in [1.807, 2.05) is 41.1 Å². The molecule has 0 fully saturated rings. The summed E-state index contributed by atoms with van der Waals surface area (Å²) in [5, 5.41) is 15.1. The summed E-state index contributed by atoms with van der Waals surface area (Å²) < 4.78 is 7.12. The van der Waals surface area contributed by atoms with E-state index in [-0.39, 0.29) is 12.5 Å². The average molecular weight is 362 g/mol. The van der Waals surface area contributed by atoms with E-state index in [1.54, 1.807) is 12.1 Å². The molecule has 0 saturated heterocycles. The van der Waals surface area contributed by atoms with Gasteiger partial charge in [0.1, 0.15) is 5.52 Å². The fraction of sp³-hybridized carbons (Fsp3) is 0.211. The molecule has 0 spiro atoms. The van der Waals surface area contributed by atoms with E-state index in [4.69, 9.17) is 4.52 Å². The van der Waals surface area contributed by atoms with Crippen molar-refractivity contribution in [3.8, 4) is 11.4 Å². The van der Waals surface area contributed by atoms with Crippen LogP contribution in [0.3, 0.4) is 0 Å². The summed E-state index contributed by atoms with van der Waals surface area (Å²) >= 11 is 0. The molecule has 2 aromatic heterocycles. The number of hydrogen-bond donors (Lipinski definition) is 1. The Kier molecular flexibility index (Phi) is 4.61. The highest BCUT2D eigenvalue weighted by atomic mass is 16.5. The lowest BCUT2D eigenvalue weighted by Crippen LogP contribution is -2.22. The second kappa shape index (κ2) is 7.36. The Labute approximate surface area is 155 Å². The fourth-order valence-corrected chi connectivity index (χ4v) is 2.78. The highest BCUT2D eigenvalue weighted by Gasteiger charge is 2.13. The van der Waals surface area contributed by atoms with Crippen molar-refractivity contribution in [1.29, 1.82) is 0 Å². The molecule has 0 aliphatic carbocycles. The summed E-state index contributed by atoms with van der Waals surface area (Å²) in [4.78, 5) is 16.4. The quantitative estimate of drug-likeness (QED) is 0.566. The third-order valence-electron chi connectivity index (χ3n) is 4.11. The van der Waals surface area contributed by atoms with Gasteiger partial charge in [-0.1, -0.05) is 35.5 Å². The molecule has 1 N–H and O–H groups in total. The molecule has 27 heavy (non-hydrogen) atoms. The minimum absolute atomic E-state index is 0.162. The summed E-state index contributed by atoms with van der Waals surface area (Å²) in [5.41, 5.74) is 3.12. The second-order valence-electron chi connectivity index (χ2n) is 6.08. The standard InChI is InChI=1S/C19H18N6O2/c1-2-10-25-16-9-8-14(11-15(16)22-24-25)18-21-17(27-23-18)12-20-19(26)13-6-4-3-5-7-13/h3-9,11H,2,10,12H2,1H3,(H,20,26). The number of benzene rings is 2. The molecule has 0 aliphatic heterocycles. The van der Waals surface area contributed by atoms with Crippen molar-refractivity contribution in [3.63, 3.8) is 0 Å². The second-order valence-corrected chi connectivity index (χ2v) is 6.08. The Morgan fingerprint density at radius 2 is 2.04 bits per heavy atom. The predicted molar refractivity (Wildman–Crippen MR) is 98.7 cm³/mol. The van der Waals surface area contributed by atoms with Crippen molar-refractivity contribution in [2.45, 2.75) is 26.4 Å². The first-order valence-corrected chi connectivity index (χ1v) is 8.74. The van der Waals surface area contributed by atoms with E-state index in [0.29, 0.717) is 17.3 Å². The number of fused-ring (bicyclic) bond motifs is 1. The molecule has 136 valence electrons. The van der Waals surface area contributed by atoms with Gasteiger partial charge in [0.15, 0.2) is 0 Å². The molecule has 4 aromatic rings. The minimum atomic E-state index is -0.190. The number of carbonyl (C=O) groups is 1. The molecule has 8 heteroatoms. The molecule has 0 atom stereocenters. The van der Waals surface area contributed by atoms with Crippen molar-refractivity contribution in [1.82, 2.24) is 30.5 Å². The first-order valence-electron chi connectivity index (χ1n) is 8.74. The number of amides is 1. The van der Waals surface area contributed by atoms with Crippen LogP contribution in [0.15, 0.2) is 53.1 Å². The predicted octanol–water partition coefficient (Wildman–Crippen LogP) is 2.82. The molecule has 2 heterocycles. The third-order valence-corrected chi connectivity index (χ3v) is 4.11. The number of aryl methyl sites for hydroxylation is 1. The SMILES string of the molecule is CCCn1nnc2cc(-c3noc(CNC(=O)c4ccccc4)n3)ccc21. The van der Waals surface area contributed by atoms with Crippen molar-refractivity contribution < 1.29 is 9.32 Å². The van der Waals surface area contributed by atoms with Crippen LogP contribution in [0.25, 0.3) is 22.4 Å². The molecule has 4 rings (SSSR count). The summed E-state index contributed by atoms with van der Waals surface area (Å²) in [6.07, 6.45) is 0.989. The molecule has 0 aliphatic rings. The molecule has 1 amide bonds.